The first-order valence-electron chi connectivity index (χ1n) is 10.7. The van der Waals surface area contributed by atoms with Crippen molar-refractivity contribution in [1.82, 2.24) is 9.88 Å². The van der Waals surface area contributed by atoms with Crippen LogP contribution >= 0.6 is 0 Å². The average Bonchev–Trinajstić information content (AvgIpc) is 3.20. The Kier molecular flexibility index (Phi) is 6.32. The molecule has 31 heavy (non-hydrogen) atoms. The van der Waals surface area contributed by atoms with Crippen LogP contribution in [-0.2, 0) is 6.42 Å². The fourth-order valence-electron chi connectivity index (χ4n) is 3.91. The predicted molar refractivity (Wildman–Crippen MR) is 129 cm³/mol. The number of rotatable bonds is 7. The molecular weight excluding hydrogens is 380 g/mol. The molecule has 3 nitrogen and oxygen atoms in total. The first kappa shape index (κ1) is 20.7. The van der Waals surface area contributed by atoms with Crippen molar-refractivity contribution in [2.45, 2.75) is 20.3 Å². The van der Waals surface area contributed by atoms with Gasteiger partial charge in [-0.05, 0) is 49.6 Å². The number of aromatic nitrogens is 1. The molecule has 0 spiro atoms. The largest absolute Gasteiger partial charge is 0.361 e. The van der Waals surface area contributed by atoms with Crippen molar-refractivity contribution >= 4 is 22.9 Å². The van der Waals surface area contributed by atoms with Crippen LogP contribution in [0.25, 0.3) is 17.0 Å². The van der Waals surface area contributed by atoms with E-state index in [0.717, 1.165) is 34.2 Å². The number of hydrogen-bond acceptors (Lipinski definition) is 1. The van der Waals surface area contributed by atoms with Crippen molar-refractivity contribution in [3.05, 3.63) is 113 Å². The Morgan fingerprint density at radius 2 is 1.65 bits per heavy atom. The highest BCUT2D eigenvalue weighted by molar-refractivity contribution is 5.94. The number of hydrogen-bond donors (Lipinski definition) is 1. The number of nitrogens with one attached hydrogen (secondary N) is 1. The number of aromatic amines is 1. The second-order valence-corrected chi connectivity index (χ2v) is 8.10. The molecule has 1 aromatic heterocycles. The van der Waals surface area contributed by atoms with Crippen LogP contribution < -0.4 is 0 Å². The fraction of sp³-hybridized carbons (Fsp3) is 0.179. The van der Waals surface area contributed by atoms with E-state index in [1.165, 1.54) is 10.9 Å². The molecule has 3 heteroatoms. The molecule has 1 heterocycles. The quantitative estimate of drug-likeness (QED) is 0.385. The Morgan fingerprint density at radius 3 is 2.42 bits per heavy atom. The van der Waals surface area contributed by atoms with Crippen LogP contribution in [-0.4, -0.2) is 28.9 Å². The van der Waals surface area contributed by atoms with Crippen LogP contribution in [0.15, 0.2) is 90.6 Å². The lowest BCUT2D eigenvalue weighted by Gasteiger charge is -2.23. The highest BCUT2D eigenvalue weighted by Gasteiger charge is 2.17. The summed E-state index contributed by atoms with van der Waals surface area (Å²) in [6.07, 6.45) is 5.02. The minimum atomic E-state index is 0.0700. The lowest BCUT2D eigenvalue weighted by molar-refractivity contribution is 0.0772. The highest BCUT2D eigenvalue weighted by Crippen LogP contribution is 2.19. The second kappa shape index (κ2) is 9.48. The Balaban J connectivity index is 1.56. The molecule has 0 saturated heterocycles. The van der Waals surface area contributed by atoms with Gasteiger partial charge in [-0.25, -0.2) is 0 Å². The van der Waals surface area contributed by atoms with Crippen LogP contribution in [0.1, 0.15) is 34.0 Å². The maximum Gasteiger partial charge on any atom is 0.254 e. The number of carbonyl (C=O) groups excluding carboxylic acids is 1. The Hall–Kier alpha value is -3.59. The minimum absolute atomic E-state index is 0.0700. The maximum atomic E-state index is 13.4. The van der Waals surface area contributed by atoms with E-state index in [-0.39, 0.29) is 5.91 Å². The molecule has 0 aliphatic rings. The highest BCUT2D eigenvalue weighted by atomic mass is 16.2. The molecule has 0 aliphatic heterocycles. The van der Waals surface area contributed by atoms with Crippen molar-refractivity contribution in [1.29, 1.82) is 0 Å². The average molecular weight is 409 g/mol. The summed E-state index contributed by atoms with van der Waals surface area (Å²) in [4.78, 5) is 18.7. The summed E-state index contributed by atoms with van der Waals surface area (Å²) in [5.41, 5.74) is 6.57. The molecule has 0 saturated carbocycles. The van der Waals surface area contributed by atoms with Gasteiger partial charge in [0.25, 0.3) is 5.91 Å². The van der Waals surface area contributed by atoms with E-state index >= 15 is 0 Å². The molecule has 0 bridgehead atoms. The zero-order valence-electron chi connectivity index (χ0n) is 18.1. The number of nitrogens with zero attached hydrogens (tertiary/aromatic N) is 1. The third kappa shape index (κ3) is 5.13. The molecule has 4 aromatic rings. The number of para-hydroxylation sites is 1. The molecule has 1 amide bonds. The molecule has 0 unspecified atom stereocenters. The topological polar surface area (TPSA) is 36.1 Å². The SMILES string of the molecule is C/C(=C\c1ccccc1)CN(CCc1c[nH]c2ccccc12)C(=O)c1ccc(C)cc1. The van der Waals surface area contributed by atoms with E-state index in [2.05, 4.69) is 54.5 Å². The van der Waals surface area contributed by atoms with Crippen LogP contribution in [0.4, 0.5) is 0 Å². The molecule has 3 aromatic carbocycles. The molecule has 156 valence electrons. The van der Waals surface area contributed by atoms with E-state index in [1.807, 2.05) is 60.4 Å². The summed E-state index contributed by atoms with van der Waals surface area (Å²) in [5, 5.41) is 1.22. The number of carbonyl (C=O) groups is 1. The first-order valence-corrected chi connectivity index (χ1v) is 10.7. The molecule has 1 N–H and O–H groups in total. The van der Waals surface area contributed by atoms with E-state index in [9.17, 15) is 4.79 Å². The summed E-state index contributed by atoms with van der Waals surface area (Å²) >= 11 is 0. The lowest BCUT2D eigenvalue weighted by atomic mass is 10.1. The number of aryl methyl sites for hydroxylation is 1. The third-order valence-corrected chi connectivity index (χ3v) is 5.56. The van der Waals surface area contributed by atoms with E-state index < -0.39 is 0 Å². The number of amides is 1. The summed E-state index contributed by atoms with van der Waals surface area (Å²) < 4.78 is 0. The normalized spacial score (nSPS) is 11.6. The van der Waals surface area contributed by atoms with Crippen LogP contribution in [0.2, 0.25) is 0 Å². The summed E-state index contributed by atoms with van der Waals surface area (Å²) in [5.74, 6) is 0.0700. The van der Waals surface area contributed by atoms with Gasteiger partial charge in [0.05, 0.1) is 0 Å². The van der Waals surface area contributed by atoms with Crippen molar-refractivity contribution in [3.63, 3.8) is 0 Å². The molecule has 4 rings (SSSR count). The van der Waals surface area contributed by atoms with Gasteiger partial charge in [-0.15, -0.1) is 0 Å². The Bertz CT molecular complexity index is 1190. The van der Waals surface area contributed by atoms with Crippen molar-refractivity contribution in [2.24, 2.45) is 0 Å². The van der Waals surface area contributed by atoms with E-state index in [4.69, 9.17) is 0 Å². The van der Waals surface area contributed by atoms with Crippen molar-refractivity contribution < 1.29 is 4.79 Å². The first-order chi connectivity index (χ1) is 15.1. The maximum absolute atomic E-state index is 13.4. The monoisotopic (exact) mass is 408 g/mol. The Morgan fingerprint density at radius 1 is 0.935 bits per heavy atom. The third-order valence-electron chi connectivity index (χ3n) is 5.56. The number of fused-ring (bicyclic) bond motifs is 1. The second-order valence-electron chi connectivity index (χ2n) is 8.10. The van der Waals surface area contributed by atoms with Gasteiger partial charge in [0.2, 0.25) is 0 Å². The van der Waals surface area contributed by atoms with E-state index in [0.29, 0.717) is 13.1 Å². The lowest BCUT2D eigenvalue weighted by Crippen LogP contribution is -2.34. The number of benzene rings is 3. The van der Waals surface area contributed by atoms with Crippen molar-refractivity contribution in [3.8, 4) is 0 Å². The standard InChI is InChI=1S/C28H28N2O/c1-21-12-14-24(15-13-21)28(31)30(20-22(2)18-23-8-4-3-5-9-23)17-16-25-19-29-27-11-7-6-10-26(25)27/h3-15,18-19,29H,16-17,20H2,1-2H3/b22-18+. The van der Waals surface area contributed by atoms with Gasteiger partial charge in [-0.1, -0.05) is 77.9 Å². The summed E-state index contributed by atoms with van der Waals surface area (Å²) in [6.45, 7) is 5.39. The summed E-state index contributed by atoms with van der Waals surface area (Å²) in [7, 11) is 0. The summed E-state index contributed by atoms with van der Waals surface area (Å²) in [6, 6.07) is 26.4. The van der Waals surface area contributed by atoms with Gasteiger partial charge >= 0.3 is 0 Å². The van der Waals surface area contributed by atoms with Gasteiger partial charge in [-0.2, -0.15) is 0 Å². The fourth-order valence-corrected chi connectivity index (χ4v) is 3.91. The molecule has 0 atom stereocenters. The zero-order valence-corrected chi connectivity index (χ0v) is 18.1. The van der Waals surface area contributed by atoms with Gasteiger partial charge < -0.3 is 9.88 Å². The van der Waals surface area contributed by atoms with Crippen LogP contribution in [0.3, 0.4) is 0 Å². The van der Waals surface area contributed by atoms with Crippen LogP contribution in [0.5, 0.6) is 0 Å². The smallest absolute Gasteiger partial charge is 0.254 e. The van der Waals surface area contributed by atoms with E-state index in [1.54, 1.807) is 0 Å². The predicted octanol–water partition coefficient (Wildman–Crippen LogP) is 6.26. The van der Waals surface area contributed by atoms with Gasteiger partial charge in [0, 0.05) is 35.8 Å². The molecule has 0 radical (unpaired) electrons. The van der Waals surface area contributed by atoms with Crippen molar-refractivity contribution in [2.75, 3.05) is 13.1 Å². The minimum Gasteiger partial charge on any atom is -0.361 e. The zero-order chi connectivity index (χ0) is 21.6. The van der Waals surface area contributed by atoms with Gasteiger partial charge in [0.15, 0.2) is 0 Å². The van der Waals surface area contributed by atoms with Gasteiger partial charge in [0.1, 0.15) is 0 Å². The number of H-pyrrole nitrogens is 1. The molecular formula is C28H28N2O. The molecule has 0 aliphatic carbocycles. The van der Waals surface area contributed by atoms with Gasteiger partial charge in [-0.3, -0.25) is 4.79 Å². The molecule has 0 fully saturated rings. The Labute approximate surface area is 184 Å². The van der Waals surface area contributed by atoms with Crippen LogP contribution in [0, 0.1) is 6.92 Å².